The third-order valence-electron chi connectivity index (χ3n) is 5.72. The summed E-state index contributed by atoms with van der Waals surface area (Å²) in [4.78, 5) is 0.275. The summed E-state index contributed by atoms with van der Waals surface area (Å²) in [6.07, 6.45) is 6.86. The van der Waals surface area contributed by atoms with Gasteiger partial charge in [0.2, 0.25) is 10.0 Å². The molecule has 3 nitrogen and oxygen atoms in total. The molecule has 0 N–H and O–H groups in total. The van der Waals surface area contributed by atoms with E-state index in [0.717, 1.165) is 36.5 Å². The van der Waals surface area contributed by atoms with Gasteiger partial charge >= 0.3 is 0 Å². The van der Waals surface area contributed by atoms with E-state index < -0.39 is 10.0 Å². The fraction of sp³-hybridized carbons (Fsp3) is 0.474. The molecule has 1 aliphatic heterocycles. The number of rotatable bonds is 2. The Labute approximate surface area is 148 Å². The number of hydrogen-bond acceptors (Lipinski definition) is 2. The van der Waals surface area contributed by atoms with Crippen LogP contribution in [0.25, 0.3) is 10.8 Å². The number of piperidine rings is 1. The number of nitrogens with zero attached hydrogens (tertiary/aromatic N) is 1. The predicted molar refractivity (Wildman–Crippen MR) is 97.9 cm³/mol. The van der Waals surface area contributed by atoms with E-state index in [-0.39, 0.29) is 10.3 Å². The van der Waals surface area contributed by atoms with Crippen LogP contribution in [-0.4, -0.2) is 25.8 Å². The van der Waals surface area contributed by atoms with Crippen molar-refractivity contribution in [3.8, 4) is 0 Å². The first-order valence-corrected chi connectivity index (χ1v) is 10.5. The second-order valence-electron chi connectivity index (χ2n) is 7.25. The highest BCUT2D eigenvalue weighted by Crippen LogP contribution is 2.46. The van der Waals surface area contributed by atoms with Crippen LogP contribution in [0.5, 0.6) is 0 Å². The Balaban J connectivity index is 1.79. The number of fused-ring (bicyclic) bond motifs is 1. The topological polar surface area (TPSA) is 37.4 Å². The van der Waals surface area contributed by atoms with Gasteiger partial charge in [-0.1, -0.05) is 54.8 Å². The first kappa shape index (κ1) is 16.4. The third kappa shape index (κ3) is 2.65. The summed E-state index contributed by atoms with van der Waals surface area (Å²) in [5, 5.41) is 1.95. The van der Waals surface area contributed by atoms with Crippen LogP contribution in [0.1, 0.15) is 38.5 Å². The van der Waals surface area contributed by atoms with Gasteiger partial charge in [-0.25, -0.2) is 8.42 Å². The van der Waals surface area contributed by atoms with Crippen molar-refractivity contribution >= 4 is 32.4 Å². The van der Waals surface area contributed by atoms with Crippen LogP contribution in [0.4, 0.5) is 0 Å². The largest absolute Gasteiger partial charge is 0.245 e. The highest BCUT2D eigenvalue weighted by Gasteiger charge is 2.42. The molecule has 0 radical (unpaired) electrons. The lowest BCUT2D eigenvalue weighted by atomic mass is 9.79. The minimum atomic E-state index is -3.58. The maximum absolute atomic E-state index is 13.4. The monoisotopic (exact) mass is 363 g/mol. The molecule has 0 unspecified atom stereocenters. The fourth-order valence-electron chi connectivity index (χ4n) is 4.51. The van der Waals surface area contributed by atoms with Crippen LogP contribution in [0.2, 0.25) is 5.02 Å². The quantitative estimate of drug-likeness (QED) is 0.765. The molecule has 0 amide bonds. The number of halogens is 1. The van der Waals surface area contributed by atoms with Crippen LogP contribution in [0, 0.1) is 5.41 Å². The molecule has 4 rings (SSSR count). The van der Waals surface area contributed by atoms with E-state index >= 15 is 0 Å². The molecule has 1 saturated heterocycles. The molecule has 1 aliphatic carbocycles. The highest BCUT2D eigenvalue weighted by atomic mass is 35.5. The fourth-order valence-corrected chi connectivity index (χ4v) is 6.82. The van der Waals surface area contributed by atoms with Crippen LogP contribution >= 0.6 is 11.6 Å². The highest BCUT2D eigenvalue weighted by molar-refractivity contribution is 7.89. The molecule has 24 heavy (non-hydrogen) atoms. The van der Waals surface area contributed by atoms with Crippen molar-refractivity contribution in [3.05, 3.63) is 41.4 Å². The Morgan fingerprint density at radius 2 is 1.67 bits per heavy atom. The molecule has 2 aromatic rings. The van der Waals surface area contributed by atoms with E-state index in [1.165, 1.54) is 12.8 Å². The van der Waals surface area contributed by atoms with Crippen LogP contribution in [0.15, 0.2) is 41.3 Å². The number of sulfonamides is 1. The van der Waals surface area contributed by atoms with Gasteiger partial charge in [0.15, 0.2) is 0 Å². The normalized spacial score (nSPS) is 21.5. The van der Waals surface area contributed by atoms with Gasteiger partial charge < -0.3 is 0 Å². The average Bonchev–Trinajstić information content (AvgIpc) is 3.02. The summed E-state index contributed by atoms with van der Waals surface area (Å²) in [5.41, 5.74) is 0.197. The molecule has 1 spiro atoms. The Bertz CT molecular complexity index is 872. The zero-order chi connectivity index (χ0) is 16.8. The van der Waals surface area contributed by atoms with Crippen LogP contribution in [-0.2, 0) is 10.0 Å². The third-order valence-corrected chi connectivity index (χ3v) is 8.09. The SMILES string of the molecule is O=S(=O)(c1c(Cl)ccc2ccccc12)N1CCCC2(CCCC2)C1. The molecule has 0 atom stereocenters. The van der Waals surface area contributed by atoms with Gasteiger partial charge in [-0.3, -0.25) is 0 Å². The Morgan fingerprint density at radius 3 is 2.46 bits per heavy atom. The molecule has 0 aromatic heterocycles. The summed E-state index contributed by atoms with van der Waals surface area (Å²) >= 11 is 6.35. The van der Waals surface area contributed by atoms with Gasteiger partial charge in [-0.2, -0.15) is 4.31 Å². The van der Waals surface area contributed by atoms with Gasteiger partial charge in [-0.05, 0) is 42.6 Å². The summed E-state index contributed by atoms with van der Waals surface area (Å²) in [5.74, 6) is 0. The summed E-state index contributed by atoms with van der Waals surface area (Å²) in [7, 11) is -3.58. The van der Waals surface area contributed by atoms with Crippen LogP contribution < -0.4 is 0 Å². The zero-order valence-electron chi connectivity index (χ0n) is 13.7. The van der Waals surface area contributed by atoms with Crippen molar-refractivity contribution in [2.75, 3.05) is 13.1 Å². The van der Waals surface area contributed by atoms with Gasteiger partial charge in [0.1, 0.15) is 4.90 Å². The molecule has 2 aromatic carbocycles. The molecule has 128 valence electrons. The van der Waals surface area contributed by atoms with Crippen molar-refractivity contribution in [2.45, 2.75) is 43.4 Å². The summed E-state index contributed by atoms with van der Waals surface area (Å²) in [6.45, 7) is 1.25. The van der Waals surface area contributed by atoms with Crippen LogP contribution in [0.3, 0.4) is 0 Å². The van der Waals surface area contributed by atoms with Crippen molar-refractivity contribution < 1.29 is 8.42 Å². The first-order valence-electron chi connectivity index (χ1n) is 8.69. The van der Waals surface area contributed by atoms with E-state index in [0.29, 0.717) is 18.1 Å². The van der Waals surface area contributed by atoms with E-state index in [2.05, 4.69) is 0 Å². The zero-order valence-corrected chi connectivity index (χ0v) is 15.2. The smallest absolute Gasteiger partial charge is 0.207 e. The molecule has 2 fully saturated rings. The Morgan fingerprint density at radius 1 is 0.958 bits per heavy atom. The molecule has 1 heterocycles. The van der Waals surface area contributed by atoms with E-state index in [1.807, 2.05) is 30.3 Å². The average molecular weight is 364 g/mol. The molecule has 0 bridgehead atoms. The summed E-state index contributed by atoms with van der Waals surface area (Å²) < 4.78 is 28.5. The molecule has 1 saturated carbocycles. The van der Waals surface area contributed by atoms with Crippen molar-refractivity contribution in [2.24, 2.45) is 5.41 Å². The second kappa shape index (κ2) is 6.01. The first-order chi connectivity index (χ1) is 11.5. The summed E-state index contributed by atoms with van der Waals surface area (Å²) in [6, 6.07) is 11.1. The minimum absolute atomic E-state index is 0.197. The lowest BCUT2D eigenvalue weighted by Crippen LogP contribution is -2.45. The van der Waals surface area contributed by atoms with Crippen molar-refractivity contribution in [3.63, 3.8) is 0 Å². The predicted octanol–water partition coefficient (Wildman–Crippen LogP) is 4.84. The standard InChI is InChI=1S/C19H22ClNO2S/c20-17-9-8-15-6-1-2-7-16(15)18(17)24(22,23)21-13-5-12-19(14-21)10-3-4-11-19/h1-2,6-9H,3-5,10-14H2. The maximum Gasteiger partial charge on any atom is 0.245 e. The maximum atomic E-state index is 13.4. The second-order valence-corrected chi connectivity index (χ2v) is 9.53. The molecular formula is C19H22ClNO2S. The van der Waals surface area contributed by atoms with E-state index in [4.69, 9.17) is 11.6 Å². The Kier molecular flexibility index (Phi) is 4.10. The van der Waals surface area contributed by atoms with Gasteiger partial charge in [-0.15, -0.1) is 0 Å². The van der Waals surface area contributed by atoms with E-state index in [9.17, 15) is 8.42 Å². The van der Waals surface area contributed by atoms with E-state index in [1.54, 1.807) is 10.4 Å². The number of benzene rings is 2. The lowest BCUT2D eigenvalue weighted by molar-refractivity contribution is 0.152. The van der Waals surface area contributed by atoms with Gasteiger partial charge in [0.25, 0.3) is 0 Å². The van der Waals surface area contributed by atoms with Gasteiger partial charge in [0.05, 0.1) is 5.02 Å². The minimum Gasteiger partial charge on any atom is -0.207 e. The molecule has 5 heteroatoms. The van der Waals surface area contributed by atoms with Gasteiger partial charge in [0, 0.05) is 18.5 Å². The molecular weight excluding hydrogens is 342 g/mol. The van der Waals surface area contributed by atoms with Crippen molar-refractivity contribution in [1.82, 2.24) is 4.31 Å². The van der Waals surface area contributed by atoms with Crippen molar-refractivity contribution in [1.29, 1.82) is 0 Å². The molecule has 2 aliphatic rings. The lowest BCUT2D eigenvalue weighted by Gasteiger charge is -2.40. The Hall–Kier alpha value is -1.10. The number of hydrogen-bond donors (Lipinski definition) is 0.